The van der Waals surface area contributed by atoms with Gasteiger partial charge in [0.1, 0.15) is 0 Å². The van der Waals surface area contributed by atoms with Gasteiger partial charge in [-0.1, -0.05) is 35.9 Å². The van der Waals surface area contributed by atoms with Crippen molar-refractivity contribution >= 4 is 17.7 Å². The third-order valence-electron chi connectivity index (χ3n) is 1.45. The van der Waals surface area contributed by atoms with Crippen molar-refractivity contribution in [3.63, 3.8) is 0 Å². The number of aliphatic hydroxyl groups is 1. The van der Waals surface area contributed by atoms with E-state index in [0.29, 0.717) is 6.42 Å². The zero-order valence-electron chi connectivity index (χ0n) is 6.70. The molecule has 0 aromatic heterocycles. The third-order valence-corrected chi connectivity index (χ3v) is 1.69. The van der Waals surface area contributed by atoms with Gasteiger partial charge in [0.05, 0.1) is 0 Å². The molecule has 1 rings (SSSR count). The van der Waals surface area contributed by atoms with E-state index in [1.807, 2.05) is 36.4 Å². The van der Waals surface area contributed by atoms with E-state index in [1.165, 1.54) is 0 Å². The molecule has 64 valence electrons. The van der Waals surface area contributed by atoms with Crippen LogP contribution in [0.4, 0.5) is 0 Å². The van der Waals surface area contributed by atoms with Crippen LogP contribution in [0.2, 0.25) is 5.02 Å². The lowest BCUT2D eigenvalue weighted by Crippen LogP contribution is -1.76. The SMILES string of the molecule is OCC/C=C\c1cccc(Cl)c1. The normalized spacial score (nSPS) is 10.8. The first-order chi connectivity index (χ1) is 5.83. The fourth-order valence-electron chi connectivity index (χ4n) is 0.904. The van der Waals surface area contributed by atoms with Crippen molar-refractivity contribution in [2.75, 3.05) is 6.61 Å². The van der Waals surface area contributed by atoms with Gasteiger partial charge in [0, 0.05) is 11.6 Å². The van der Waals surface area contributed by atoms with E-state index in [4.69, 9.17) is 16.7 Å². The summed E-state index contributed by atoms with van der Waals surface area (Å²) in [6, 6.07) is 7.60. The standard InChI is InChI=1S/C10H11ClO/c11-10-6-3-5-9(8-10)4-1-2-7-12/h1,3-6,8,12H,2,7H2/b4-1-. The van der Waals surface area contributed by atoms with Crippen LogP contribution in [0, 0.1) is 0 Å². The van der Waals surface area contributed by atoms with E-state index in [1.54, 1.807) is 0 Å². The molecule has 12 heavy (non-hydrogen) atoms. The Morgan fingerprint density at radius 2 is 2.25 bits per heavy atom. The Morgan fingerprint density at radius 3 is 2.92 bits per heavy atom. The van der Waals surface area contributed by atoms with Crippen LogP contribution >= 0.6 is 11.6 Å². The highest BCUT2D eigenvalue weighted by molar-refractivity contribution is 6.30. The van der Waals surface area contributed by atoms with Crippen LogP contribution in [0.3, 0.4) is 0 Å². The Hall–Kier alpha value is -0.790. The minimum absolute atomic E-state index is 0.192. The van der Waals surface area contributed by atoms with Crippen LogP contribution < -0.4 is 0 Å². The maximum Gasteiger partial charge on any atom is 0.0465 e. The second-order valence-corrected chi connectivity index (χ2v) is 2.91. The van der Waals surface area contributed by atoms with Crippen molar-refractivity contribution in [3.05, 3.63) is 40.9 Å². The number of hydrogen-bond acceptors (Lipinski definition) is 1. The minimum Gasteiger partial charge on any atom is -0.396 e. The van der Waals surface area contributed by atoms with Gasteiger partial charge in [0.25, 0.3) is 0 Å². The molecule has 0 amide bonds. The summed E-state index contributed by atoms with van der Waals surface area (Å²) in [6.45, 7) is 0.192. The Labute approximate surface area is 77.3 Å². The Kier molecular flexibility index (Phi) is 3.85. The number of aliphatic hydroxyl groups excluding tert-OH is 1. The van der Waals surface area contributed by atoms with Gasteiger partial charge in [-0.25, -0.2) is 0 Å². The smallest absolute Gasteiger partial charge is 0.0465 e. The molecular weight excluding hydrogens is 172 g/mol. The van der Waals surface area contributed by atoms with E-state index in [9.17, 15) is 0 Å². The van der Waals surface area contributed by atoms with Crippen molar-refractivity contribution in [2.24, 2.45) is 0 Å². The third kappa shape index (κ3) is 3.07. The summed E-state index contributed by atoms with van der Waals surface area (Å²) in [5.41, 5.74) is 1.07. The average molecular weight is 183 g/mol. The first-order valence-electron chi connectivity index (χ1n) is 3.86. The molecule has 0 fully saturated rings. The van der Waals surface area contributed by atoms with Gasteiger partial charge >= 0.3 is 0 Å². The van der Waals surface area contributed by atoms with E-state index in [0.717, 1.165) is 10.6 Å². The average Bonchev–Trinajstić information content (AvgIpc) is 2.05. The molecule has 0 saturated heterocycles. The predicted octanol–water partition coefficient (Wildman–Crippen LogP) is 2.74. The fraction of sp³-hybridized carbons (Fsp3) is 0.200. The molecule has 0 aliphatic rings. The van der Waals surface area contributed by atoms with Gasteiger partial charge in [0.2, 0.25) is 0 Å². The lowest BCUT2D eigenvalue weighted by molar-refractivity contribution is 0.303. The van der Waals surface area contributed by atoms with Gasteiger partial charge in [-0.2, -0.15) is 0 Å². The zero-order chi connectivity index (χ0) is 8.81. The van der Waals surface area contributed by atoms with Gasteiger partial charge in [0.15, 0.2) is 0 Å². The molecule has 0 bridgehead atoms. The Morgan fingerprint density at radius 1 is 1.42 bits per heavy atom. The van der Waals surface area contributed by atoms with Gasteiger partial charge in [-0.15, -0.1) is 0 Å². The minimum atomic E-state index is 0.192. The second kappa shape index (κ2) is 4.96. The predicted molar refractivity (Wildman–Crippen MR) is 52.2 cm³/mol. The van der Waals surface area contributed by atoms with Gasteiger partial charge in [-0.3, -0.25) is 0 Å². The molecule has 1 aromatic carbocycles. The lowest BCUT2D eigenvalue weighted by atomic mass is 10.2. The molecule has 0 radical (unpaired) electrons. The molecule has 2 heteroatoms. The number of halogens is 1. The van der Waals surface area contributed by atoms with Crippen molar-refractivity contribution < 1.29 is 5.11 Å². The van der Waals surface area contributed by atoms with Crippen LogP contribution in [0.15, 0.2) is 30.3 Å². The van der Waals surface area contributed by atoms with Crippen LogP contribution in [0.25, 0.3) is 6.08 Å². The largest absolute Gasteiger partial charge is 0.396 e. The van der Waals surface area contributed by atoms with E-state index in [2.05, 4.69) is 0 Å². The summed E-state index contributed by atoms with van der Waals surface area (Å²) >= 11 is 5.77. The van der Waals surface area contributed by atoms with Gasteiger partial charge in [-0.05, 0) is 24.1 Å². The van der Waals surface area contributed by atoms with Crippen LogP contribution in [-0.2, 0) is 0 Å². The first kappa shape index (κ1) is 9.30. The van der Waals surface area contributed by atoms with Crippen molar-refractivity contribution in [1.82, 2.24) is 0 Å². The van der Waals surface area contributed by atoms with E-state index in [-0.39, 0.29) is 6.61 Å². The molecule has 0 unspecified atom stereocenters. The van der Waals surface area contributed by atoms with Crippen LogP contribution in [0.1, 0.15) is 12.0 Å². The summed E-state index contributed by atoms with van der Waals surface area (Å²) in [5.74, 6) is 0. The number of rotatable bonds is 3. The summed E-state index contributed by atoms with van der Waals surface area (Å²) in [6.07, 6.45) is 4.56. The van der Waals surface area contributed by atoms with Crippen molar-refractivity contribution in [1.29, 1.82) is 0 Å². The molecule has 0 saturated carbocycles. The zero-order valence-corrected chi connectivity index (χ0v) is 7.46. The highest BCUT2D eigenvalue weighted by Crippen LogP contribution is 2.11. The van der Waals surface area contributed by atoms with E-state index < -0.39 is 0 Å². The van der Waals surface area contributed by atoms with Crippen LogP contribution in [0.5, 0.6) is 0 Å². The first-order valence-corrected chi connectivity index (χ1v) is 4.23. The molecule has 0 heterocycles. The Balaban J connectivity index is 2.63. The maximum absolute atomic E-state index is 8.52. The molecule has 1 nitrogen and oxygen atoms in total. The highest BCUT2D eigenvalue weighted by Gasteiger charge is 1.87. The monoisotopic (exact) mass is 182 g/mol. The summed E-state index contributed by atoms with van der Waals surface area (Å²) in [7, 11) is 0. The summed E-state index contributed by atoms with van der Waals surface area (Å²) < 4.78 is 0. The Bertz CT molecular complexity index is 268. The number of benzene rings is 1. The molecule has 1 aromatic rings. The molecule has 0 spiro atoms. The van der Waals surface area contributed by atoms with E-state index >= 15 is 0 Å². The molecular formula is C10H11ClO. The summed E-state index contributed by atoms with van der Waals surface area (Å²) in [4.78, 5) is 0. The maximum atomic E-state index is 8.52. The fourth-order valence-corrected chi connectivity index (χ4v) is 1.10. The molecule has 0 atom stereocenters. The number of hydrogen-bond donors (Lipinski definition) is 1. The highest BCUT2D eigenvalue weighted by atomic mass is 35.5. The lowest BCUT2D eigenvalue weighted by Gasteiger charge is -1.93. The topological polar surface area (TPSA) is 20.2 Å². The van der Waals surface area contributed by atoms with Crippen LogP contribution in [-0.4, -0.2) is 11.7 Å². The molecule has 1 N–H and O–H groups in total. The summed E-state index contributed by atoms with van der Waals surface area (Å²) in [5, 5.41) is 9.26. The molecule has 0 aliphatic carbocycles. The second-order valence-electron chi connectivity index (χ2n) is 2.47. The molecule has 0 aliphatic heterocycles. The quantitative estimate of drug-likeness (QED) is 0.762. The van der Waals surface area contributed by atoms with Gasteiger partial charge < -0.3 is 5.11 Å². The van der Waals surface area contributed by atoms with Crippen molar-refractivity contribution in [3.8, 4) is 0 Å². The van der Waals surface area contributed by atoms with Crippen molar-refractivity contribution in [2.45, 2.75) is 6.42 Å².